The third-order valence-electron chi connectivity index (χ3n) is 2.68. The fourth-order valence-electron chi connectivity index (χ4n) is 1.79. The molecule has 0 bridgehead atoms. The zero-order valence-electron chi connectivity index (χ0n) is 10.7. The molecule has 0 spiro atoms. The van der Waals surface area contributed by atoms with Crippen LogP contribution in [-0.2, 0) is 6.54 Å². The average molecular weight is 263 g/mol. The molecular weight excluding hydrogens is 248 g/mol. The summed E-state index contributed by atoms with van der Waals surface area (Å²) in [6.07, 6.45) is 3.61. The Morgan fingerprint density at radius 2 is 2.06 bits per heavy atom. The molecular formula is C13H15ClN4. The molecule has 0 radical (unpaired) electrons. The van der Waals surface area contributed by atoms with Crippen molar-refractivity contribution in [2.24, 2.45) is 0 Å². The fourth-order valence-corrected chi connectivity index (χ4v) is 2.00. The minimum atomic E-state index is 0.510. The Balaban J connectivity index is 2.26. The van der Waals surface area contributed by atoms with Crippen LogP contribution in [0.3, 0.4) is 0 Å². The lowest BCUT2D eigenvalue weighted by Gasteiger charge is -2.20. The van der Waals surface area contributed by atoms with Crippen LogP contribution in [0.4, 0.5) is 5.82 Å². The molecule has 0 aliphatic heterocycles. The number of hydrogen-bond donors (Lipinski definition) is 0. The molecule has 2 aromatic heterocycles. The fraction of sp³-hybridized carbons (Fsp3) is 0.308. The predicted octanol–water partition coefficient (Wildman–Crippen LogP) is 2.78. The number of hydrogen-bond acceptors (Lipinski definition) is 4. The normalized spacial score (nSPS) is 10.4. The summed E-state index contributed by atoms with van der Waals surface area (Å²) in [6.45, 7) is 4.51. The van der Waals surface area contributed by atoms with E-state index in [4.69, 9.17) is 11.6 Å². The van der Waals surface area contributed by atoms with Gasteiger partial charge >= 0.3 is 0 Å². The number of aryl methyl sites for hydroxylation is 1. The van der Waals surface area contributed by atoms with Gasteiger partial charge in [0.2, 0.25) is 0 Å². The third-order valence-corrected chi connectivity index (χ3v) is 3.04. The molecule has 0 aliphatic carbocycles. The van der Waals surface area contributed by atoms with Crippen LogP contribution in [0, 0.1) is 13.8 Å². The first kappa shape index (κ1) is 12.8. The smallest absolute Gasteiger partial charge is 0.137 e. The lowest BCUT2D eigenvalue weighted by molar-refractivity contribution is 0.865. The Kier molecular flexibility index (Phi) is 3.77. The van der Waals surface area contributed by atoms with Gasteiger partial charge in [0.15, 0.2) is 0 Å². The Bertz CT molecular complexity index is 542. The molecule has 4 nitrogen and oxygen atoms in total. The number of halogens is 1. The summed E-state index contributed by atoms with van der Waals surface area (Å²) in [5, 5.41) is 0.510. The molecule has 94 valence electrons. The monoisotopic (exact) mass is 262 g/mol. The Labute approximate surface area is 112 Å². The van der Waals surface area contributed by atoms with Crippen LogP contribution in [-0.4, -0.2) is 22.0 Å². The first-order valence-electron chi connectivity index (χ1n) is 5.68. The maximum atomic E-state index is 6.08. The van der Waals surface area contributed by atoms with E-state index in [1.54, 1.807) is 6.20 Å². The SMILES string of the molecule is Cc1nc(Cl)c(C)c(N(C)Cc2cccnc2)n1. The Morgan fingerprint density at radius 1 is 1.28 bits per heavy atom. The zero-order chi connectivity index (χ0) is 13.1. The summed E-state index contributed by atoms with van der Waals surface area (Å²) in [5.74, 6) is 1.54. The van der Waals surface area contributed by atoms with E-state index in [1.807, 2.05) is 44.1 Å². The van der Waals surface area contributed by atoms with E-state index in [0.717, 1.165) is 23.5 Å². The van der Waals surface area contributed by atoms with Gasteiger partial charge in [0.1, 0.15) is 16.8 Å². The van der Waals surface area contributed by atoms with Gasteiger partial charge in [-0.05, 0) is 25.5 Å². The van der Waals surface area contributed by atoms with E-state index >= 15 is 0 Å². The van der Waals surface area contributed by atoms with Crippen molar-refractivity contribution in [2.45, 2.75) is 20.4 Å². The van der Waals surface area contributed by atoms with E-state index in [1.165, 1.54) is 0 Å². The maximum absolute atomic E-state index is 6.08. The quantitative estimate of drug-likeness (QED) is 0.798. The molecule has 0 saturated heterocycles. The van der Waals surface area contributed by atoms with Gasteiger partial charge in [-0.1, -0.05) is 17.7 Å². The van der Waals surface area contributed by atoms with Gasteiger partial charge in [-0.2, -0.15) is 0 Å². The minimum Gasteiger partial charge on any atom is -0.355 e. The summed E-state index contributed by atoms with van der Waals surface area (Å²) in [7, 11) is 1.98. The third kappa shape index (κ3) is 2.76. The maximum Gasteiger partial charge on any atom is 0.137 e. The number of rotatable bonds is 3. The molecule has 0 unspecified atom stereocenters. The van der Waals surface area contributed by atoms with Crippen molar-refractivity contribution in [3.8, 4) is 0 Å². The lowest BCUT2D eigenvalue weighted by Crippen LogP contribution is -2.19. The standard InChI is InChI=1S/C13H15ClN4/c1-9-12(14)16-10(2)17-13(9)18(3)8-11-5-4-6-15-7-11/h4-7H,8H2,1-3H3. The number of nitrogens with zero attached hydrogens (tertiary/aromatic N) is 4. The highest BCUT2D eigenvalue weighted by atomic mass is 35.5. The summed E-state index contributed by atoms with van der Waals surface area (Å²) in [6, 6.07) is 3.96. The second-order valence-electron chi connectivity index (χ2n) is 4.23. The van der Waals surface area contributed by atoms with E-state index in [-0.39, 0.29) is 0 Å². The van der Waals surface area contributed by atoms with Crippen LogP contribution in [0.15, 0.2) is 24.5 Å². The molecule has 5 heteroatoms. The van der Waals surface area contributed by atoms with E-state index in [9.17, 15) is 0 Å². The molecule has 0 atom stereocenters. The highest BCUT2D eigenvalue weighted by Crippen LogP contribution is 2.23. The number of aromatic nitrogens is 3. The second-order valence-corrected chi connectivity index (χ2v) is 4.59. The second kappa shape index (κ2) is 5.31. The number of pyridine rings is 1. The van der Waals surface area contributed by atoms with Crippen LogP contribution < -0.4 is 4.90 Å². The van der Waals surface area contributed by atoms with Gasteiger partial charge in [-0.3, -0.25) is 4.98 Å². The Hall–Kier alpha value is -1.68. The Morgan fingerprint density at radius 3 is 2.72 bits per heavy atom. The van der Waals surface area contributed by atoms with Gasteiger partial charge in [0, 0.05) is 31.5 Å². The van der Waals surface area contributed by atoms with E-state index in [2.05, 4.69) is 15.0 Å². The molecule has 0 N–H and O–H groups in total. The van der Waals surface area contributed by atoms with Crippen molar-refractivity contribution in [1.29, 1.82) is 0 Å². The van der Waals surface area contributed by atoms with E-state index < -0.39 is 0 Å². The largest absolute Gasteiger partial charge is 0.355 e. The first-order valence-corrected chi connectivity index (χ1v) is 6.06. The molecule has 0 aliphatic rings. The van der Waals surface area contributed by atoms with Crippen molar-refractivity contribution in [3.05, 3.63) is 46.6 Å². The molecule has 0 fully saturated rings. The summed E-state index contributed by atoms with van der Waals surface area (Å²) >= 11 is 6.08. The molecule has 0 amide bonds. The number of anilines is 1. The predicted molar refractivity (Wildman–Crippen MR) is 72.9 cm³/mol. The van der Waals surface area contributed by atoms with Gasteiger partial charge in [-0.25, -0.2) is 9.97 Å². The van der Waals surface area contributed by atoms with E-state index in [0.29, 0.717) is 11.0 Å². The van der Waals surface area contributed by atoms with Crippen LogP contribution in [0.2, 0.25) is 5.15 Å². The summed E-state index contributed by atoms with van der Waals surface area (Å²) in [5.41, 5.74) is 2.03. The molecule has 0 saturated carbocycles. The van der Waals surface area contributed by atoms with Crippen LogP contribution >= 0.6 is 11.6 Å². The van der Waals surface area contributed by atoms with Gasteiger partial charge < -0.3 is 4.90 Å². The van der Waals surface area contributed by atoms with Gasteiger partial charge in [-0.15, -0.1) is 0 Å². The van der Waals surface area contributed by atoms with Crippen molar-refractivity contribution in [2.75, 3.05) is 11.9 Å². The average Bonchev–Trinajstić information content (AvgIpc) is 2.35. The van der Waals surface area contributed by atoms with Crippen LogP contribution in [0.5, 0.6) is 0 Å². The topological polar surface area (TPSA) is 41.9 Å². The van der Waals surface area contributed by atoms with Crippen LogP contribution in [0.1, 0.15) is 17.0 Å². The molecule has 18 heavy (non-hydrogen) atoms. The molecule has 0 aromatic carbocycles. The lowest BCUT2D eigenvalue weighted by atomic mass is 10.2. The molecule has 2 aromatic rings. The zero-order valence-corrected chi connectivity index (χ0v) is 11.4. The highest BCUT2D eigenvalue weighted by molar-refractivity contribution is 6.30. The van der Waals surface area contributed by atoms with Crippen LogP contribution in [0.25, 0.3) is 0 Å². The molecule has 2 heterocycles. The van der Waals surface area contributed by atoms with Crippen molar-refractivity contribution >= 4 is 17.4 Å². The van der Waals surface area contributed by atoms with Crippen molar-refractivity contribution in [1.82, 2.24) is 15.0 Å². The van der Waals surface area contributed by atoms with Gasteiger partial charge in [0.25, 0.3) is 0 Å². The summed E-state index contributed by atoms with van der Waals surface area (Å²) in [4.78, 5) is 14.7. The van der Waals surface area contributed by atoms with Gasteiger partial charge in [0.05, 0.1) is 0 Å². The highest BCUT2D eigenvalue weighted by Gasteiger charge is 2.11. The van der Waals surface area contributed by atoms with Crippen molar-refractivity contribution in [3.63, 3.8) is 0 Å². The van der Waals surface area contributed by atoms with Crippen molar-refractivity contribution < 1.29 is 0 Å². The summed E-state index contributed by atoms with van der Waals surface area (Å²) < 4.78 is 0. The minimum absolute atomic E-state index is 0.510. The molecule has 2 rings (SSSR count). The first-order chi connectivity index (χ1) is 8.58.